The van der Waals surface area contributed by atoms with E-state index in [1.165, 1.54) is 32.1 Å². The van der Waals surface area contributed by atoms with Crippen LogP contribution in [0.2, 0.25) is 0 Å². The Bertz CT molecular complexity index is 793. The Hall–Kier alpha value is -1.63. The van der Waals surface area contributed by atoms with Crippen LogP contribution in [0.4, 0.5) is 6.01 Å². The number of nitrogens with one attached hydrogen (secondary N) is 1. The van der Waals surface area contributed by atoms with Gasteiger partial charge in [-0.3, -0.25) is 9.69 Å². The van der Waals surface area contributed by atoms with E-state index in [9.17, 15) is 4.79 Å². The Morgan fingerprint density at radius 1 is 1.17 bits per heavy atom. The maximum Gasteiger partial charge on any atom is 0.324 e. The summed E-state index contributed by atoms with van der Waals surface area (Å²) in [5.74, 6) is 3.19. The molecule has 4 unspecified atom stereocenters. The molecule has 3 saturated heterocycles. The summed E-state index contributed by atoms with van der Waals surface area (Å²) in [6.07, 6.45) is 8.55. The summed E-state index contributed by atoms with van der Waals surface area (Å²) in [4.78, 5) is 22.3. The summed E-state index contributed by atoms with van der Waals surface area (Å²) in [6, 6.07) is 1.87. The van der Waals surface area contributed by atoms with Crippen LogP contribution in [0.5, 0.6) is 0 Å². The van der Waals surface area contributed by atoms with Crippen molar-refractivity contribution >= 4 is 11.9 Å². The quantitative estimate of drug-likeness (QED) is 0.838. The first-order valence-corrected chi connectivity index (χ1v) is 11.6. The van der Waals surface area contributed by atoms with Gasteiger partial charge in [-0.1, -0.05) is 11.6 Å². The topological polar surface area (TPSA) is 74.5 Å². The van der Waals surface area contributed by atoms with Gasteiger partial charge in [-0.15, -0.1) is 0 Å². The lowest BCUT2D eigenvalue weighted by atomic mass is 9.78. The maximum atomic E-state index is 12.7. The predicted molar refractivity (Wildman–Crippen MR) is 108 cm³/mol. The molecule has 1 aromatic heterocycles. The van der Waals surface area contributed by atoms with E-state index < -0.39 is 0 Å². The zero-order chi connectivity index (χ0) is 19.8. The standard InChI is InChI=1S/C22H33N5O2/c1-13-23-21(29-25-13)27-10-14-5-3-6-15(27)9-18(14)26-11-16-17(12-26)19(16)20(28)24-22(2)7-4-8-22/h14-19H,3-12H2,1-2H3,(H,24,28)/t14?,15?,16-,17+,18?,19?. The molecular weight excluding hydrogens is 366 g/mol. The number of likely N-dealkylation sites (tertiary alicyclic amines) is 1. The Morgan fingerprint density at radius 3 is 2.62 bits per heavy atom. The van der Waals surface area contributed by atoms with Gasteiger partial charge in [-0.05, 0) is 70.1 Å². The molecule has 6 atom stereocenters. The Balaban J connectivity index is 1.09. The molecule has 29 heavy (non-hydrogen) atoms. The molecule has 1 amide bonds. The van der Waals surface area contributed by atoms with Gasteiger partial charge in [-0.2, -0.15) is 4.98 Å². The van der Waals surface area contributed by atoms with Crippen LogP contribution < -0.4 is 10.2 Å². The Morgan fingerprint density at radius 2 is 1.97 bits per heavy atom. The fourth-order valence-corrected chi connectivity index (χ4v) is 6.81. The van der Waals surface area contributed by atoms with Crippen molar-refractivity contribution in [1.82, 2.24) is 20.4 Å². The highest BCUT2D eigenvalue weighted by Crippen LogP contribution is 2.54. The highest BCUT2D eigenvalue weighted by Gasteiger charge is 2.61. The monoisotopic (exact) mass is 399 g/mol. The molecule has 1 N–H and O–H groups in total. The van der Waals surface area contributed by atoms with Crippen molar-refractivity contribution in [3.63, 3.8) is 0 Å². The first kappa shape index (κ1) is 18.2. The van der Waals surface area contributed by atoms with E-state index in [0.29, 0.717) is 41.8 Å². The lowest BCUT2D eigenvalue weighted by Crippen LogP contribution is -2.55. The van der Waals surface area contributed by atoms with E-state index in [1.54, 1.807) is 0 Å². The van der Waals surface area contributed by atoms with E-state index >= 15 is 0 Å². The van der Waals surface area contributed by atoms with Gasteiger partial charge in [0.15, 0.2) is 5.82 Å². The molecular formula is C22H33N5O2. The molecule has 0 radical (unpaired) electrons. The second-order valence-corrected chi connectivity index (χ2v) is 10.6. The fraction of sp³-hybridized carbons (Fsp3) is 0.864. The third-order valence-corrected chi connectivity index (χ3v) is 8.68. The molecule has 0 aromatic carbocycles. The van der Waals surface area contributed by atoms with Crippen LogP contribution in [-0.4, -0.2) is 58.2 Å². The van der Waals surface area contributed by atoms with Crippen LogP contribution >= 0.6 is 0 Å². The molecule has 7 heteroatoms. The molecule has 4 heterocycles. The second kappa shape index (κ2) is 6.43. The highest BCUT2D eigenvalue weighted by atomic mass is 16.5. The molecule has 6 aliphatic rings. The molecule has 3 aliphatic heterocycles. The average molecular weight is 400 g/mol. The number of fused-ring (bicyclic) bond motifs is 5. The van der Waals surface area contributed by atoms with Crippen molar-refractivity contribution in [2.75, 3.05) is 24.5 Å². The highest BCUT2D eigenvalue weighted by molar-refractivity contribution is 5.83. The zero-order valence-corrected chi connectivity index (χ0v) is 17.6. The molecule has 158 valence electrons. The van der Waals surface area contributed by atoms with Crippen molar-refractivity contribution in [2.45, 2.75) is 76.4 Å². The minimum Gasteiger partial charge on any atom is -0.351 e. The number of carbonyl (C=O) groups excluding carboxylic acids is 1. The summed E-state index contributed by atoms with van der Waals surface area (Å²) in [5.41, 5.74) is 0.0879. The molecule has 6 fully saturated rings. The summed E-state index contributed by atoms with van der Waals surface area (Å²) in [7, 11) is 0. The van der Waals surface area contributed by atoms with Gasteiger partial charge >= 0.3 is 6.01 Å². The Labute approximate surface area is 172 Å². The van der Waals surface area contributed by atoms with Gasteiger partial charge in [0.25, 0.3) is 0 Å². The van der Waals surface area contributed by atoms with Crippen LogP contribution in [0, 0.1) is 30.6 Å². The van der Waals surface area contributed by atoms with E-state index in [-0.39, 0.29) is 11.5 Å². The lowest BCUT2D eigenvalue weighted by Gasteiger charge is -2.45. The van der Waals surface area contributed by atoms with Crippen molar-refractivity contribution in [2.24, 2.45) is 23.7 Å². The minimum atomic E-state index is 0.0879. The lowest BCUT2D eigenvalue weighted by molar-refractivity contribution is -0.126. The smallest absolute Gasteiger partial charge is 0.324 e. The number of hydrogen-bond donors (Lipinski definition) is 1. The molecule has 0 spiro atoms. The molecule has 3 saturated carbocycles. The molecule has 7 rings (SSSR count). The SMILES string of the molecule is Cc1noc(N2CC3CCCC2CC3N2C[C@@H]3C(C(=O)NC4(C)CCC4)[C@@H]3C2)n1. The molecule has 1 aromatic rings. The van der Waals surface area contributed by atoms with Crippen molar-refractivity contribution in [3.8, 4) is 0 Å². The summed E-state index contributed by atoms with van der Waals surface area (Å²) >= 11 is 0. The fourth-order valence-electron chi connectivity index (χ4n) is 6.81. The zero-order valence-electron chi connectivity index (χ0n) is 17.6. The van der Waals surface area contributed by atoms with Gasteiger partial charge in [0.1, 0.15) is 0 Å². The van der Waals surface area contributed by atoms with Crippen LogP contribution in [0.3, 0.4) is 0 Å². The van der Waals surface area contributed by atoms with Crippen LogP contribution in [0.25, 0.3) is 0 Å². The van der Waals surface area contributed by atoms with Gasteiger partial charge in [-0.25, -0.2) is 0 Å². The first-order chi connectivity index (χ1) is 14.0. The number of carbonyl (C=O) groups is 1. The number of nitrogens with zero attached hydrogens (tertiary/aromatic N) is 4. The van der Waals surface area contributed by atoms with Crippen molar-refractivity contribution < 1.29 is 9.32 Å². The largest absolute Gasteiger partial charge is 0.351 e. The number of anilines is 1. The molecule has 2 bridgehead atoms. The van der Waals surface area contributed by atoms with Gasteiger partial charge in [0, 0.05) is 43.2 Å². The van der Waals surface area contributed by atoms with E-state index in [0.717, 1.165) is 38.3 Å². The number of hydrogen-bond acceptors (Lipinski definition) is 6. The first-order valence-electron chi connectivity index (χ1n) is 11.6. The number of amides is 1. The normalized spacial score (nSPS) is 40.3. The predicted octanol–water partition coefficient (Wildman–Crippen LogP) is 2.36. The summed E-state index contributed by atoms with van der Waals surface area (Å²) < 4.78 is 5.50. The van der Waals surface area contributed by atoms with Crippen molar-refractivity contribution in [3.05, 3.63) is 5.82 Å². The third-order valence-electron chi connectivity index (χ3n) is 8.68. The Kier molecular flexibility index (Phi) is 4.03. The van der Waals surface area contributed by atoms with E-state index in [4.69, 9.17) is 4.52 Å². The average Bonchev–Trinajstić information content (AvgIpc) is 3.11. The van der Waals surface area contributed by atoms with Gasteiger partial charge in [0.05, 0.1) is 0 Å². The maximum absolute atomic E-state index is 12.7. The molecule has 7 nitrogen and oxygen atoms in total. The number of aryl methyl sites for hydroxylation is 1. The number of piperidine rings is 2. The van der Waals surface area contributed by atoms with Crippen molar-refractivity contribution in [1.29, 1.82) is 0 Å². The van der Waals surface area contributed by atoms with E-state index in [1.807, 2.05) is 6.92 Å². The molecule has 3 aliphatic carbocycles. The third kappa shape index (κ3) is 2.99. The minimum absolute atomic E-state index is 0.0879. The summed E-state index contributed by atoms with van der Waals surface area (Å²) in [6.45, 7) is 7.36. The second-order valence-electron chi connectivity index (χ2n) is 10.6. The van der Waals surface area contributed by atoms with Gasteiger partial charge in [0.2, 0.25) is 5.91 Å². The number of rotatable bonds is 4. The summed E-state index contributed by atoms with van der Waals surface area (Å²) in [5, 5.41) is 7.36. The van der Waals surface area contributed by atoms with Gasteiger partial charge < -0.3 is 14.7 Å². The van der Waals surface area contributed by atoms with Crippen LogP contribution in [-0.2, 0) is 4.79 Å². The number of aromatic nitrogens is 2. The van der Waals surface area contributed by atoms with Crippen LogP contribution in [0.1, 0.15) is 57.7 Å². The van der Waals surface area contributed by atoms with Crippen LogP contribution in [0.15, 0.2) is 4.52 Å². The van der Waals surface area contributed by atoms with E-state index in [2.05, 4.69) is 32.2 Å².